The standard InChI is InChI=1S/C22H22Cl2N4O2/c1-14-4-6-15(7-5-14)21-26-20(30-27-21)13-28-10-2-3-16(12-28)22(29)25-19-9-8-17(23)11-18(19)24/h4-9,11,16H,2-3,10,12-13H2,1H3,(H,25,29). The van der Waals surface area contributed by atoms with Gasteiger partial charge in [-0.05, 0) is 44.5 Å². The molecule has 8 heteroatoms. The number of rotatable bonds is 5. The van der Waals surface area contributed by atoms with Crippen molar-refractivity contribution in [1.82, 2.24) is 15.0 Å². The molecule has 1 saturated heterocycles. The predicted octanol–water partition coefficient (Wildman–Crippen LogP) is 5.20. The van der Waals surface area contributed by atoms with Gasteiger partial charge in [0.05, 0.1) is 23.2 Å². The van der Waals surface area contributed by atoms with Gasteiger partial charge in [-0.15, -0.1) is 0 Å². The highest BCUT2D eigenvalue weighted by atomic mass is 35.5. The fourth-order valence-corrected chi connectivity index (χ4v) is 4.02. The Morgan fingerprint density at radius 2 is 2.03 bits per heavy atom. The van der Waals surface area contributed by atoms with Crippen molar-refractivity contribution in [3.63, 3.8) is 0 Å². The number of piperidine rings is 1. The zero-order chi connectivity index (χ0) is 21.1. The van der Waals surface area contributed by atoms with Crippen molar-refractivity contribution in [3.05, 3.63) is 64.0 Å². The molecule has 30 heavy (non-hydrogen) atoms. The number of nitrogens with one attached hydrogen (secondary N) is 1. The first-order chi connectivity index (χ1) is 14.5. The van der Waals surface area contributed by atoms with Crippen LogP contribution in [0.15, 0.2) is 47.0 Å². The lowest BCUT2D eigenvalue weighted by Crippen LogP contribution is -2.40. The summed E-state index contributed by atoms with van der Waals surface area (Å²) in [6, 6.07) is 13.0. The fourth-order valence-electron chi connectivity index (χ4n) is 3.57. The van der Waals surface area contributed by atoms with Crippen molar-refractivity contribution in [2.75, 3.05) is 18.4 Å². The van der Waals surface area contributed by atoms with E-state index in [1.807, 2.05) is 31.2 Å². The number of halogens is 2. The van der Waals surface area contributed by atoms with Gasteiger partial charge in [0.25, 0.3) is 0 Å². The molecule has 1 unspecified atom stereocenters. The van der Waals surface area contributed by atoms with Crippen LogP contribution in [-0.2, 0) is 11.3 Å². The molecular weight excluding hydrogens is 423 g/mol. The molecule has 0 radical (unpaired) electrons. The number of aromatic nitrogens is 2. The molecule has 0 bridgehead atoms. The third-order valence-electron chi connectivity index (χ3n) is 5.20. The average Bonchev–Trinajstić information content (AvgIpc) is 3.19. The number of aryl methyl sites for hydroxylation is 1. The van der Waals surface area contributed by atoms with E-state index in [9.17, 15) is 4.79 Å². The van der Waals surface area contributed by atoms with Crippen LogP contribution in [-0.4, -0.2) is 34.0 Å². The van der Waals surface area contributed by atoms with Gasteiger partial charge in [-0.3, -0.25) is 9.69 Å². The molecular formula is C22H22Cl2N4O2. The molecule has 0 aliphatic carbocycles. The predicted molar refractivity (Wildman–Crippen MR) is 118 cm³/mol. The fraction of sp³-hybridized carbons (Fsp3) is 0.318. The van der Waals surface area contributed by atoms with Crippen LogP contribution in [0.1, 0.15) is 24.3 Å². The topological polar surface area (TPSA) is 71.3 Å². The first-order valence-corrected chi connectivity index (χ1v) is 10.6. The smallest absolute Gasteiger partial charge is 0.241 e. The molecule has 1 amide bonds. The van der Waals surface area contributed by atoms with Crippen LogP contribution in [0.4, 0.5) is 5.69 Å². The lowest BCUT2D eigenvalue weighted by atomic mass is 9.97. The molecule has 1 N–H and O–H groups in total. The van der Waals surface area contributed by atoms with Crippen LogP contribution in [0.3, 0.4) is 0 Å². The monoisotopic (exact) mass is 444 g/mol. The van der Waals surface area contributed by atoms with Crippen molar-refractivity contribution >= 4 is 34.8 Å². The molecule has 6 nitrogen and oxygen atoms in total. The maximum atomic E-state index is 12.7. The second-order valence-corrected chi connectivity index (χ2v) is 8.41. The average molecular weight is 445 g/mol. The van der Waals surface area contributed by atoms with Gasteiger partial charge < -0.3 is 9.84 Å². The van der Waals surface area contributed by atoms with Crippen LogP contribution in [0, 0.1) is 12.8 Å². The van der Waals surface area contributed by atoms with Crippen LogP contribution in [0.2, 0.25) is 10.0 Å². The molecule has 2 aromatic carbocycles. The van der Waals surface area contributed by atoms with Gasteiger partial charge in [0.15, 0.2) is 0 Å². The van der Waals surface area contributed by atoms with Gasteiger partial charge in [-0.2, -0.15) is 4.98 Å². The summed E-state index contributed by atoms with van der Waals surface area (Å²) in [6.07, 6.45) is 1.75. The van der Waals surface area contributed by atoms with Gasteiger partial charge >= 0.3 is 0 Å². The molecule has 156 valence electrons. The minimum Gasteiger partial charge on any atom is -0.338 e. The summed E-state index contributed by atoms with van der Waals surface area (Å²) >= 11 is 12.1. The summed E-state index contributed by atoms with van der Waals surface area (Å²) in [4.78, 5) is 19.4. The Balaban J connectivity index is 1.37. The normalized spacial score (nSPS) is 17.1. The molecule has 1 fully saturated rings. The zero-order valence-electron chi connectivity index (χ0n) is 16.6. The number of benzene rings is 2. The van der Waals surface area contributed by atoms with E-state index in [4.69, 9.17) is 27.7 Å². The number of amides is 1. The van der Waals surface area contributed by atoms with Gasteiger partial charge in [0, 0.05) is 17.1 Å². The number of hydrogen-bond donors (Lipinski definition) is 1. The minimum absolute atomic E-state index is 0.0465. The van der Waals surface area contributed by atoms with Crippen molar-refractivity contribution < 1.29 is 9.32 Å². The molecule has 0 spiro atoms. The van der Waals surface area contributed by atoms with Gasteiger partial charge in [-0.25, -0.2) is 0 Å². The number of carbonyl (C=O) groups is 1. The maximum absolute atomic E-state index is 12.7. The van der Waals surface area contributed by atoms with Crippen LogP contribution in [0.25, 0.3) is 11.4 Å². The van der Waals surface area contributed by atoms with Gasteiger partial charge in [0.2, 0.25) is 17.6 Å². The largest absolute Gasteiger partial charge is 0.338 e. The molecule has 4 rings (SSSR count). The Morgan fingerprint density at radius 3 is 2.80 bits per heavy atom. The number of nitrogens with zero attached hydrogens (tertiary/aromatic N) is 3. The number of hydrogen-bond acceptors (Lipinski definition) is 5. The summed E-state index contributed by atoms with van der Waals surface area (Å²) in [7, 11) is 0. The molecule has 0 saturated carbocycles. The van der Waals surface area contributed by atoms with E-state index in [2.05, 4.69) is 20.4 Å². The molecule has 1 atom stereocenters. The second kappa shape index (κ2) is 9.16. The van der Waals surface area contributed by atoms with E-state index < -0.39 is 0 Å². The summed E-state index contributed by atoms with van der Waals surface area (Å²) in [6.45, 7) is 4.06. The SMILES string of the molecule is Cc1ccc(-c2noc(CN3CCCC(C(=O)Nc4ccc(Cl)cc4Cl)C3)n2)cc1. The Hall–Kier alpha value is -2.41. The lowest BCUT2D eigenvalue weighted by molar-refractivity contribution is -0.121. The highest BCUT2D eigenvalue weighted by Gasteiger charge is 2.27. The Labute approximate surface area is 185 Å². The first-order valence-electron chi connectivity index (χ1n) is 9.86. The molecule has 1 aromatic heterocycles. The van der Waals surface area contributed by atoms with E-state index in [1.54, 1.807) is 18.2 Å². The first kappa shape index (κ1) is 20.8. The van der Waals surface area contributed by atoms with E-state index in [1.165, 1.54) is 5.56 Å². The highest BCUT2D eigenvalue weighted by Crippen LogP contribution is 2.27. The molecule has 1 aliphatic rings. The van der Waals surface area contributed by atoms with E-state index >= 15 is 0 Å². The van der Waals surface area contributed by atoms with Crippen LogP contribution >= 0.6 is 23.2 Å². The van der Waals surface area contributed by atoms with Crippen LogP contribution < -0.4 is 5.32 Å². The second-order valence-electron chi connectivity index (χ2n) is 7.57. The minimum atomic E-state index is -0.134. The Kier molecular flexibility index (Phi) is 6.37. The summed E-state index contributed by atoms with van der Waals surface area (Å²) in [5.41, 5.74) is 2.68. The van der Waals surface area contributed by atoms with E-state index in [0.29, 0.717) is 40.5 Å². The van der Waals surface area contributed by atoms with Crippen molar-refractivity contribution in [1.29, 1.82) is 0 Å². The Bertz CT molecular complexity index is 1040. The van der Waals surface area contributed by atoms with Crippen molar-refractivity contribution in [2.45, 2.75) is 26.3 Å². The lowest BCUT2D eigenvalue weighted by Gasteiger charge is -2.30. The van der Waals surface area contributed by atoms with E-state index in [0.717, 1.165) is 24.9 Å². The number of likely N-dealkylation sites (tertiary alicyclic amines) is 1. The summed E-state index contributed by atoms with van der Waals surface area (Å²) in [5, 5.41) is 7.97. The Morgan fingerprint density at radius 1 is 1.23 bits per heavy atom. The molecule has 1 aliphatic heterocycles. The van der Waals surface area contributed by atoms with Gasteiger partial charge in [-0.1, -0.05) is 58.2 Å². The maximum Gasteiger partial charge on any atom is 0.241 e. The summed E-state index contributed by atoms with van der Waals surface area (Å²) in [5.74, 6) is 0.945. The molecule has 3 aromatic rings. The quantitative estimate of drug-likeness (QED) is 0.585. The number of anilines is 1. The van der Waals surface area contributed by atoms with Crippen molar-refractivity contribution in [3.8, 4) is 11.4 Å². The van der Waals surface area contributed by atoms with Crippen LogP contribution in [0.5, 0.6) is 0 Å². The third-order valence-corrected chi connectivity index (χ3v) is 5.75. The molecule has 2 heterocycles. The zero-order valence-corrected chi connectivity index (χ0v) is 18.1. The highest BCUT2D eigenvalue weighted by molar-refractivity contribution is 6.36. The van der Waals surface area contributed by atoms with Crippen molar-refractivity contribution in [2.24, 2.45) is 5.92 Å². The summed E-state index contributed by atoms with van der Waals surface area (Å²) < 4.78 is 5.44. The third kappa shape index (κ3) is 5.01. The number of carbonyl (C=O) groups excluding carboxylic acids is 1. The van der Waals surface area contributed by atoms with E-state index in [-0.39, 0.29) is 11.8 Å². The van der Waals surface area contributed by atoms with Gasteiger partial charge in [0.1, 0.15) is 0 Å².